The van der Waals surface area contributed by atoms with Crippen LogP contribution < -0.4 is 0 Å². The Kier molecular flexibility index (Phi) is 3.79. The quantitative estimate of drug-likeness (QED) is 0.872. The van der Waals surface area contributed by atoms with Crippen molar-refractivity contribution in [1.29, 1.82) is 0 Å². The number of benzene rings is 1. The Labute approximate surface area is 117 Å². The van der Waals surface area contributed by atoms with Gasteiger partial charge in [0.1, 0.15) is 11.5 Å². The van der Waals surface area contributed by atoms with E-state index in [2.05, 4.69) is 9.72 Å². The fourth-order valence-electron chi connectivity index (χ4n) is 2.14. The molecule has 0 amide bonds. The molecule has 1 N–H and O–H groups in total. The molecule has 0 unspecified atom stereocenters. The number of rotatable bonds is 3. The summed E-state index contributed by atoms with van der Waals surface area (Å²) in [6, 6.07) is 3.75. The highest BCUT2D eigenvalue weighted by molar-refractivity contribution is 5.88. The largest absolute Gasteiger partial charge is 0.507 e. The molecule has 0 aliphatic heterocycles. The van der Waals surface area contributed by atoms with E-state index in [-0.39, 0.29) is 5.69 Å². The van der Waals surface area contributed by atoms with Gasteiger partial charge in [-0.25, -0.2) is 9.78 Å². The fourth-order valence-corrected chi connectivity index (χ4v) is 2.14. The number of methoxy groups -OCH3 is 1. The molecule has 1 aromatic carbocycles. The number of aryl methyl sites for hydroxylation is 3. The van der Waals surface area contributed by atoms with Crippen LogP contribution in [0.15, 0.2) is 16.5 Å². The number of phenols is 1. The highest BCUT2D eigenvalue weighted by Gasteiger charge is 2.18. The van der Waals surface area contributed by atoms with E-state index >= 15 is 0 Å². The van der Waals surface area contributed by atoms with Crippen LogP contribution in [-0.4, -0.2) is 23.2 Å². The number of carbonyl (C=O) groups is 1. The lowest BCUT2D eigenvalue weighted by atomic mass is 10.0. The lowest BCUT2D eigenvalue weighted by molar-refractivity contribution is 0.0593. The van der Waals surface area contributed by atoms with Gasteiger partial charge >= 0.3 is 5.97 Å². The molecule has 5 nitrogen and oxygen atoms in total. The summed E-state index contributed by atoms with van der Waals surface area (Å²) in [7, 11) is 1.31. The Hall–Kier alpha value is -2.30. The van der Waals surface area contributed by atoms with Crippen molar-refractivity contribution in [2.45, 2.75) is 27.2 Å². The highest BCUT2D eigenvalue weighted by atomic mass is 16.5. The van der Waals surface area contributed by atoms with Gasteiger partial charge in [-0.15, -0.1) is 0 Å². The van der Waals surface area contributed by atoms with Crippen molar-refractivity contribution in [3.05, 3.63) is 46.2 Å². The third-order valence-corrected chi connectivity index (χ3v) is 3.13. The molecular weight excluding hydrogens is 258 g/mol. The van der Waals surface area contributed by atoms with E-state index in [1.807, 2.05) is 26.0 Å². The minimum Gasteiger partial charge on any atom is -0.507 e. The summed E-state index contributed by atoms with van der Waals surface area (Å²) in [5, 5.41) is 9.75. The first-order valence-electron chi connectivity index (χ1n) is 6.26. The van der Waals surface area contributed by atoms with E-state index in [1.165, 1.54) is 7.11 Å². The van der Waals surface area contributed by atoms with Crippen molar-refractivity contribution < 1.29 is 19.1 Å². The molecule has 0 spiro atoms. The predicted octanol–water partition coefficient (Wildman–Crippen LogP) is 2.68. The number of esters is 1. The van der Waals surface area contributed by atoms with Crippen LogP contribution >= 0.6 is 0 Å². The van der Waals surface area contributed by atoms with E-state index in [9.17, 15) is 9.90 Å². The Morgan fingerprint density at radius 2 is 1.90 bits per heavy atom. The van der Waals surface area contributed by atoms with Gasteiger partial charge in [0.05, 0.1) is 7.11 Å². The van der Waals surface area contributed by atoms with Gasteiger partial charge in [0.2, 0.25) is 0 Å². The van der Waals surface area contributed by atoms with Gasteiger partial charge in [-0.2, -0.15) is 0 Å². The monoisotopic (exact) mass is 275 g/mol. The number of hydrogen-bond acceptors (Lipinski definition) is 5. The summed E-state index contributed by atoms with van der Waals surface area (Å²) in [5.74, 6) is 0.689. The SMILES string of the molecule is COC(=O)c1nc(Cc2cc(C)c(O)c(C)c2)oc1C. The highest BCUT2D eigenvalue weighted by Crippen LogP contribution is 2.24. The minimum atomic E-state index is -0.504. The fraction of sp³-hybridized carbons (Fsp3) is 0.333. The van der Waals surface area contributed by atoms with Crippen molar-refractivity contribution in [3.8, 4) is 5.75 Å². The number of phenolic OH excluding ortho intramolecular Hbond substituents is 1. The molecule has 0 radical (unpaired) electrons. The molecule has 0 saturated carbocycles. The molecule has 2 rings (SSSR count). The summed E-state index contributed by atoms with van der Waals surface area (Å²) in [5.41, 5.74) is 2.78. The van der Waals surface area contributed by atoms with Crippen molar-refractivity contribution >= 4 is 5.97 Å². The topological polar surface area (TPSA) is 72.6 Å². The molecule has 0 aliphatic rings. The van der Waals surface area contributed by atoms with Gasteiger partial charge in [-0.1, -0.05) is 12.1 Å². The molecule has 106 valence electrons. The lowest BCUT2D eigenvalue weighted by Crippen LogP contribution is -2.03. The summed E-state index contributed by atoms with van der Waals surface area (Å²) < 4.78 is 10.1. The molecular formula is C15H17NO4. The molecule has 1 heterocycles. The van der Waals surface area contributed by atoms with Crippen molar-refractivity contribution in [2.24, 2.45) is 0 Å². The zero-order chi connectivity index (χ0) is 14.9. The third-order valence-electron chi connectivity index (χ3n) is 3.13. The second-order valence-corrected chi connectivity index (χ2v) is 4.76. The second-order valence-electron chi connectivity index (χ2n) is 4.76. The van der Waals surface area contributed by atoms with E-state index in [4.69, 9.17) is 4.42 Å². The number of oxazole rings is 1. The van der Waals surface area contributed by atoms with Gasteiger partial charge < -0.3 is 14.3 Å². The normalized spacial score (nSPS) is 10.6. The van der Waals surface area contributed by atoms with Crippen LogP contribution in [0.5, 0.6) is 5.75 Å². The maximum absolute atomic E-state index is 11.5. The number of hydrogen-bond donors (Lipinski definition) is 1. The number of nitrogens with zero attached hydrogens (tertiary/aromatic N) is 1. The number of aromatic hydroxyl groups is 1. The standard InChI is InChI=1S/C15H17NO4/c1-8-5-11(6-9(2)14(8)17)7-12-16-13(10(3)20-12)15(18)19-4/h5-6,17H,7H2,1-4H3. The Balaban J connectivity index is 2.29. The van der Waals surface area contributed by atoms with Crippen LogP contribution in [0, 0.1) is 20.8 Å². The lowest BCUT2D eigenvalue weighted by Gasteiger charge is -2.06. The first-order chi connectivity index (χ1) is 9.42. The summed E-state index contributed by atoms with van der Waals surface area (Å²) in [6.07, 6.45) is 0.458. The van der Waals surface area contributed by atoms with Crippen LogP contribution in [0.3, 0.4) is 0 Å². The van der Waals surface area contributed by atoms with Crippen molar-refractivity contribution in [2.75, 3.05) is 7.11 Å². The zero-order valence-electron chi connectivity index (χ0n) is 12.0. The van der Waals surface area contributed by atoms with E-state index < -0.39 is 5.97 Å². The van der Waals surface area contributed by atoms with Crippen LogP contribution in [-0.2, 0) is 11.2 Å². The molecule has 0 bridgehead atoms. The van der Waals surface area contributed by atoms with Crippen LogP contribution in [0.1, 0.15) is 38.8 Å². The van der Waals surface area contributed by atoms with Crippen molar-refractivity contribution in [3.63, 3.8) is 0 Å². The van der Waals surface area contributed by atoms with E-state index in [0.717, 1.165) is 16.7 Å². The maximum Gasteiger partial charge on any atom is 0.360 e. The second kappa shape index (κ2) is 5.36. The molecule has 0 atom stereocenters. The summed E-state index contributed by atoms with van der Waals surface area (Å²) in [4.78, 5) is 15.6. The Bertz CT molecular complexity index is 635. The van der Waals surface area contributed by atoms with E-state index in [0.29, 0.717) is 23.8 Å². The number of carbonyl (C=O) groups excluding carboxylic acids is 1. The smallest absolute Gasteiger partial charge is 0.360 e. The third kappa shape index (κ3) is 2.66. The molecule has 0 fully saturated rings. The predicted molar refractivity (Wildman–Crippen MR) is 73.0 cm³/mol. The van der Waals surface area contributed by atoms with Gasteiger partial charge in [0.25, 0.3) is 0 Å². The van der Waals surface area contributed by atoms with E-state index in [1.54, 1.807) is 6.92 Å². The maximum atomic E-state index is 11.5. The zero-order valence-corrected chi connectivity index (χ0v) is 12.0. The molecule has 1 aromatic heterocycles. The number of aromatic nitrogens is 1. The first-order valence-corrected chi connectivity index (χ1v) is 6.26. The van der Waals surface area contributed by atoms with Gasteiger partial charge in [-0.3, -0.25) is 0 Å². The molecule has 20 heavy (non-hydrogen) atoms. The van der Waals surface area contributed by atoms with Crippen LogP contribution in [0.2, 0.25) is 0 Å². The van der Waals surface area contributed by atoms with Gasteiger partial charge in [0.15, 0.2) is 11.6 Å². The molecule has 5 heteroatoms. The summed E-state index contributed by atoms with van der Waals surface area (Å²) in [6.45, 7) is 5.36. The molecule has 2 aromatic rings. The molecule has 0 saturated heterocycles. The Morgan fingerprint density at radius 1 is 1.30 bits per heavy atom. The van der Waals surface area contributed by atoms with Gasteiger partial charge in [-0.05, 0) is 37.5 Å². The molecule has 0 aliphatic carbocycles. The average Bonchev–Trinajstić information content (AvgIpc) is 2.75. The average molecular weight is 275 g/mol. The van der Waals surface area contributed by atoms with Crippen LogP contribution in [0.25, 0.3) is 0 Å². The van der Waals surface area contributed by atoms with Crippen molar-refractivity contribution in [1.82, 2.24) is 4.98 Å². The van der Waals surface area contributed by atoms with Gasteiger partial charge in [0, 0.05) is 6.42 Å². The Morgan fingerprint density at radius 3 is 2.45 bits per heavy atom. The van der Waals surface area contributed by atoms with Crippen LogP contribution in [0.4, 0.5) is 0 Å². The number of ether oxygens (including phenoxy) is 1. The minimum absolute atomic E-state index is 0.203. The first kappa shape index (κ1) is 14.1. The summed E-state index contributed by atoms with van der Waals surface area (Å²) >= 11 is 0.